The van der Waals surface area contributed by atoms with Crippen LogP contribution in [0.2, 0.25) is 0 Å². The summed E-state index contributed by atoms with van der Waals surface area (Å²) < 4.78 is 45.0. The summed E-state index contributed by atoms with van der Waals surface area (Å²) in [6.07, 6.45) is -4.89. The lowest BCUT2D eigenvalue weighted by atomic mass is 10.1. The molecule has 0 aromatic heterocycles. The fraction of sp³-hybridized carbons (Fsp3) is 0.294. The monoisotopic (exact) mass is 399 g/mol. The van der Waals surface area contributed by atoms with E-state index >= 15 is 0 Å². The number of rotatable bonds is 5. The van der Waals surface area contributed by atoms with Crippen LogP contribution in [0.25, 0.3) is 0 Å². The number of hydrogen-bond acceptors (Lipinski definition) is 6. The predicted octanol–water partition coefficient (Wildman–Crippen LogP) is 5.52. The molecule has 0 bridgehead atoms. The van der Waals surface area contributed by atoms with Crippen molar-refractivity contribution in [1.82, 2.24) is 0 Å². The van der Waals surface area contributed by atoms with Gasteiger partial charge in [-0.25, -0.2) is 0 Å². The molecule has 0 amide bonds. The topological polar surface area (TPSA) is 108 Å². The highest BCUT2D eigenvalue weighted by Crippen LogP contribution is 2.41. The Labute approximate surface area is 157 Å². The van der Waals surface area contributed by atoms with Gasteiger partial charge in [0.05, 0.1) is 9.85 Å². The van der Waals surface area contributed by atoms with Gasteiger partial charge < -0.3 is 10.1 Å². The number of hydrogen-bond donors (Lipinski definition) is 1. The third-order valence-electron chi connectivity index (χ3n) is 3.38. The van der Waals surface area contributed by atoms with Gasteiger partial charge in [-0.15, -0.1) is 0 Å². The summed E-state index contributed by atoms with van der Waals surface area (Å²) in [5.41, 5.74) is -2.84. The minimum absolute atomic E-state index is 0.0606. The molecule has 28 heavy (non-hydrogen) atoms. The van der Waals surface area contributed by atoms with Gasteiger partial charge >= 0.3 is 6.18 Å². The molecule has 0 saturated carbocycles. The van der Waals surface area contributed by atoms with Crippen LogP contribution in [0.4, 0.5) is 30.2 Å². The molecule has 0 fully saturated rings. The van der Waals surface area contributed by atoms with Crippen LogP contribution in [0, 0.1) is 20.2 Å². The van der Waals surface area contributed by atoms with Crippen LogP contribution in [0.5, 0.6) is 11.5 Å². The smallest absolute Gasteiger partial charge is 0.420 e. The van der Waals surface area contributed by atoms with Crippen LogP contribution < -0.4 is 10.1 Å². The number of halogens is 3. The van der Waals surface area contributed by atoms with Crippen LogP contribution >= 0.6 is 0 Å². The van der Waals surface area contributed by atoms with E-state index in [2.05, 4.69) is 5.32 Å². The van der Waals surface area contributed by atoms with Crippen molar-refractivity contribution in [2.75, 3.05) is 5.32 Å². The number of nitrogens with one attached hydrogen (secondary N) is 1. The first kappa shape index (κ1) is 20.9. The molecule has 0 aliphatic carbocycles. The minimum atomic E-state index is -4.89. The molecule has 0 radical (unpaired) electrons. The molecule has 0 aliphatic heterocycles. The summed E-state index contributed by atoms with van der Waals surface area (Å²) in [4.78, 5) is 20.3. The number of benzene rings is 2. The van der Waals surface area contributed by atoms with E-state index in [1.165, 1.54) is 6.07 Å². The summed E-state index contributed by atoms with van der Waals surface area (Å²) in [5, 5.41) is 24.8. The highest BCUT2D eigenvalue weighted by atomic mass is 19.4. The number of nitro groups is 2. The molecular weight excluding hydrogens is 383 g/mol. The van der Waals surface area contributed by atoms with Crippen molar-refractivity contribution in [2.24, 2.45) is 0 Å². The molecule has 2 aromatic rings. The van der Waals surface area contributed by atoms with Gasteiger partial charge in [0.25, 0.3) is 11.4 Å². The molecule has 2 rings (SSSR count). The lowest BCUT2D eigenvalue weighted by molar-refractivity contribution is -0.385. The molecule has 0 saturated heterocycles. The lowest BCUT2D eigenvalue weighted by Crippen LogP contribution is -2.26. The van der Waals surface area contributed by atoms with Crippen molar-refractivity contribution in [2.45, 2.75) is 32.5 Å². The van der Waals surface area contributed by atoms with Crippen LogP contribution in [-0.4, -0.2) is 15.4 Å². The molecule has 0 atom stereocenters. The van der Waals surface area contributed by atoms with Crippen LogP contribution in [0.3, 0.4) is 0 Å². The van der Waals surface area contributed by atoms with E-state index in [1.54, 1.807) is 20.8 Å². The van der Waals surface area contributed by atoms with Gasteiger partial charge in [-0.05, 0) is 32.9 Å². The largest absolute Gasteiger partial charge is 0.457 e. The molecule has 2 aromatic carbocycles. The van der Waals surface area contributed by atoms with Crippen molar-refractivity contribution >= 4 is 17.1 Å². The Kier molecular flexibility index (Phi) is 5.48. The van der Waals surface area contributed by atoms with E-state index in [-0.39, 0.29) is 17.1 Å². The first-order valence-electron chi connectivity index (χ1n) is 7.88. The molecule has 0 unspecified atom stereocenters. The summed E-state index contributed by atoms with van der Waals surface area (Å²) in [5.74, 6) is -0.759. The third kappa shape index (κ3) is 5.09. The Morgan fingerprint density at radius 3 is 2.11 bits per heavy atom. The highest BCUT2D eigenvalue weighted by Gasteiger charge is 2.36. The Morgan fingerprint density at radius 1 is 0.964 bits per heavy atom. The van der Waals surface area contributed by atoms with E-state index in [0.29, 0.717) is 6.07 Å². The van der Waals surface area contributed by atoms with Gasteiger partial charge in [0, 0.05) is 29.8 Å². The summed E-state index contributed by atoms with van der Waals surface area (Å²) in [7, 11) is 0. The first-order chi connectivity index (χ1) is 12.8. The van der Waals surface area contributed by atoms with Crippen molar-refractivity contribution in [3.05, 3.63) is 62.2 Å². The number of anilines is 1. The predicted molar refractivity (Wildman–Crippen MR) is 94.6 cm³/mol. The van der Waals surface area contributed by atoms with E-state index in [0.717, 1.165) is 24.3 Å². The van der Waals surface area contributed by atoms with E-state index in [1.807, 2.05) is 0 Å². The normalized spacial score (nSPS) is 11.8. The SMILES string of the molecule is CC(C)(C)Nc1cc(Oc2ccc([N+](=O)[O-])cc2C(F)(F)F)ccc1[N+](=O)[O-]. The molecule has 0 spiro atoms. The Balaban J connectivity index is 2.49. The summed E-state index contributed by atoms with van der Waals surface area (Å²) >= 11 is 0. The lowest BCUT2D eigenvalue weighted by Gasteiger charge is -2.22. The van der Waals surface area contributed by atoms with Gasteiger partial charge in [0.15, 0.2) is 0 Å². The van der Waals surface area contributed by atoms with Gasteiger partial charge in [-0.1, -0.05) is 0 Å². The molecule has 150 valence electrons. The Morgan fingerprint density at radius 2 is 1.61 bits per heavy atom. The quantitative estimate of drug-likeness (QED) is 0.524. The molecule has 0 heterocycles. The zero-order valence-electron chi connectivity index (χ0n) is 15.0. The Bertz CT molecular complexity index is 923. The van der Waals surface area contributed by atoms with Gasteiger partial charge in [0.1, 0.15) is 22.7 Å². The molecule has 0 aliphatic rings. The summed E-state index contributed by atoms with van der Waals surface area (Å²) in [6, 6.07) is 5.53. The third-order valence-corrected chi connectivity index (χ3v) is 3.38. The van der Waals surface area contributed by atoms with Crippen LogP contribution in [0.1, 0.15) is 26.3 Å². The second-order valence-electron chi connectivity index (χ2n) is 6.85. The number of nitrogens with zero attached hydrogens (tertiary/aromatic N) is 2. The summed E-state index contributed by atoms with van der Waals surface area (Å²) in [6.45, 7) is 5.26. The molecule has 11 heteroatoms. The zero-order valence-corrected chi connectivity index (χ0v) is 15.0. The standard InChI is InChI=1S/C17H16F3N3O5/c1-16(2,3)21-13-9-11(5-6-14(13)23(26)27)28-15-7-4-10(22(24)25)8-12(15)17(18,19)20/h4-9,21H,1-3H3. The maximum Gasteiger partial charge on any atom is 0.420 e. The second kappa shape index (κ2) is 7.33. The second-order valence-corrected chi connectivity index (χ2v) is 6.85. The van der Waals surface area contributed by atoms with Crippen molar-refractivity contribution < 1.29 is 27.8 Å². The number of alkyl halides is 3. The van der Waals surface area contributed by atoms with Crippen LogP contribution in [0.15, 0.2) is 36.4 Å². The maximum absolute atomic E-state index is 13.3. The van der Waals surface area contributed by atoms with E-state index in [4.69, 9.17) is 4.74 Å². The number of ether oxygens (including phenoxy) is 1. The van der Waals surface area contributed by atoms with Crippen LogP contribution in [-0.2, 0) is 6.18 Å². The van der Waals surface area contributed by atoms with Gasteiger partial charge in [-0.3, -0.25) is 20.2 Å². The van der Waals surface area contributed by atoms with E-state index < -0.39 is 38.6 Å². The van der Waals surface area contributed by atoms with Gasteiger partial charge in [-0.2, -0.15) is 13.2 Å². The van der Waals surface area contributed by atoms with Crippen molar-refractivity contribution in [1.29, 1.82) is 0 Å². The molecule has 1 N–H and O–H groups in total. The first-order valence-corrected chi connectivity index (χ1v) is 7.88. The fourth-order valence-electron chi connectivity index (χ4n) is 2.31. The minimum Gasteiger partial charge on any atom is -0.457 e. The highest BCUT2D eigenvalue weighted by molar-refractivity contribution is 5.65. The average molecular weight is 399 g/mol. The fourth-order valence-corrected chi connectivity index (χ4v) is 2.31. The number of nitro benzene ring substituents is 2. The molecular formula is C17H16F3N3O5. The van der Waals surface area contributed by atoms with E-state index in [9.17, 15) is 33.4 Å². The van der Waals surface area contributed by atoms with Crippen molar-refractivity contribution in [3.8, 4) is 11.5 Å². The maximum atomic E-state index is 13.3. The average Bonchev–Trinajstić information content (AvgIpc) is 2.52. The molecule has 8 nitrogen and oxygen atoms in total. The van der Waals surface area contributed by atoms with Crippen molar-refractivity contribution in [3.63, 3.8) is 0 Å². The zero-order chi connectivity index (χ0) is 21.3. The number of non-ortho nitro benzene ring substituents is 1. The Hall–Kier alpha value is -3.37. The van der Waals surface area contributed by atoms with Gasteiger partial charge in [0.2, 0.25) is 0 Å².